The van der Waals surface area contributed by atoms with Gasteiger partial charge < -0.3 is 5.11 Å². The third kappa shape index (κ3) is 4.48. The second-order valence-electron chi connectivity index (χ2n) is 8.01. The van der Waals surface area contributed by atoms with Crippen molar-refractivity contribution in [2.24, 2.45) is 35.5 Å². The number of hydrogen-bond donors (Lipinski definition) is 1. The molecule has 0 aromatic heterocycles. The molecule has 0 aromatic carbocycles. The van der Waals surface area contributed by atoms with Crippen molar-refractivity contribution in [2.75, 3.05) is 0 Å². The lowest BCUT2D eigenvalue weighted by atomic mass is 9.71. The van der Waals surface area contributed by atoms with E-state index in [2.05, 4.69) is 27.7 Å². The van der Waals surface area contributed by atoms with Gasteiger partial charge in [-0.15, -0.1) is 0 Å². The minimum absolute atomic E-state index is 0.0317. The molecular formula is C18H34O. The van der Waals surface area contributed by atoms with Crippen LogP contribution in [0.15, 0.2) is 0 Å². The van der Waals surface area contributed by atoms with Crippen LogP contribution in [0.4, 0.5) is 0 Å². The highest BCUT2D eigenvalue weighted by Gasteiger charge is 2.32. The second kappa shape index (κ2) is 6.61. The van der Waals surface area contributed by atoms with Crippen LogP contribution >= 0.6 is 0 Å². The van der Waals surface area contributed by atoms with Gasteiger partial charge in [0.05, 0.1) is 6.10 Å². The van der Waals surface area contributed by atoms with E-state index in [0.717, 1.165) is 36.0 Å². The molecule has 4 unspecified atom stereocenters. The van der Waals surface area contributed by atoms with E-state index in [1.165, 1.54) is 38.5 Å². The average molecular weight is 266 g/mol. The summed E-state index contributed by atoms with van der Waals surface area (Å²) in [6.45, 7) is 9.52. The minimum Gasteiger partial charge on any atom is -0.393 e. The highest BCUT2D eigenvalue weighted by Crippen LogP contribution is 2.42. The highest BCUT2D eigenvalue weighted by atomic mass is 16.3. The Hall–Kier alpha value is -0.0400. The molecule has 0 aromatic rings. The molecule has 112 valence electrons. The first-order valence-electron chi connectivity index (χ1n) is 8.65. The largest absolute Gasteiger partial charge is 0.393 e. The van der Waals surface area contributed by atoms with Crippen molar-refractivity contribution in [3.63, 3.8) is 0 Å². The number of aliphatic hydroxyl groups excluding tert-OH is 1. The van der Waals surface area contributed by atoms with Crippen LogP contribution < -0.4 is 0 Å². The van der Waals surface area contributed by atoms with E-state index in [1.807, 2.05) is 0 Å². The Morgan fingerprint density at radius 2 is 1.74 bits per heavy atom. The quantitative estimate of drug-likeness (QED) is 0.726. The Kier molecular flexibility index (Phi) is 5.34. The molecule has 2 fully saturated rings. The van der Waals surface area contributed by atoms with Gasteiger partial charge in [0.2, 0.25) is 0 Å². The first-order valence-corrected chi connectivity index (χ1v) is 8.65. The number of hydrogen-bond acceptors (Lipinski definition) is 1. The summed E-state index contributed by atoms with van der Waals surface area (Å²) in [7, 11) is 0. The Labute approximate surface area is 120 Å². The van der Waals surface area contributed by atoms with E-state index in [4.69, 9.17) is 0 Å². The normalized spacial score (nSPS) is 35.4. The Bertz CT molecular complexity index is 269. The highest BCUT2D eigenvalue weighted by molar-refractivity contribution is 4.83. The van der Waals surface area contributed by atoms with Gasteiger partial charge >= 0.3 is 0 Å². The molecular weight excluding hydrogens is 232 g/mol. The van der Waals surface area contributed by atoms with E-state index in [1.54, 1.807) is 0 Å². The molecule has 0 bridgehead atoms. The molecule has 2 rings (SSSR count). The lowest BCUT2D eigenvalue weighted by Gasteiger charge is -2.36. The van der Waals surface area contributed by atoms with Crippen molar-refractivity contribution in [3.05, 3.63) is 0 Å². The maximum Gasteiger partial charge on any atom is 0.0566 e. The van der Waals surface area contributed by atoms with E-state index in [9.17, 15) is 5.11 Å². The van der Waals surface area contributed by atoms with Crippen molar-refractivity contribution in [1.82, 2.24) is 0 Å². The van der Waals surface area contributed by atoms with Crippen molar-refractivity contribution in [3.8, 4) is 0 Å². The fourth-order valence-corrected chi connectivity index (χ4v) is 4.03. The smallest absolute Gasteiger partial charge is 0.0566 e. The van der Waals surface area contributed by atoms with Crippen LogP contribution in [0.3, 0.4) is 0 Å². The van der Waals surface area contributed by atoms with Gasteiger partial charge in [-0.3, -0.25) is 0 Å². The summed E-state index contributed by atoms with van der Waals surface area (Å²) < 4.78 is 0. The lowest BCUT2D eigenvalue weighted by Crippen LogP contribution is -2.31. The zero-order valence-electron chi connectivity index (χ0n) is 13.4. The third-order valence-corrected chi connectivity index (χ3v) is 5.92. The number of aliphatic hydroxyl groups is 1. The summed E-state index contributed by atoms with van der Waals surface area (Å²) in [5.74, 6) is 5.06. The average Bonchev–Trinajstić information content (AvgIpc) is 3.15. The zero-order chi connectivity index (χ0) is 14.0. The minimum atomic E-state index is -0.0317. The predicted molar refractivity (Wildman–Crippen MR) is 82.0 cm³/mol. The van der Waals surface area contributed by atoms with E-state index in [0.29, 0.717) is 5.92 Å². The van der Waals surface area contributed by atoms with E-state index < -0.39 is 0 Å². The standard InChI is InChI=1S/C18H34O/c1-12(2)17(11-15-5-6-15)9-13(3)16-7-8-18(19)14(4)10-16/h12-19H,5-11H2,1-4H3/t13?,14?,16?,17-,18?/m0/s1. The lowest BCUT2D eigenvalue weighted by molar-refractivity contribution is 0.0392. The summed E-state index contributed by atoms with van der Waals surface area (Å²) in [4.78, 5) is 0. The fourth-order valence-electron chi connectivity index (χ4n) is 4.03. The first-order chi connectivity index (χ1) is 8.97. The monoisotopic (exact) mass is 266 g/mol. The maximum absolute atomic E-state index is 9.87. The van der Waals surface area contributed by atoms with Crippen LogP contribution in [0.25, 0.3) is 0 Å². The van der Waals surface area contributed by atoms with Crippen LogP contribution in [0, 0.1) is 35.5 Å². The summed E-state index contributed by atoms with van der Waals surface area (Å²) in [5, 5.41) is 9.87. The summed E-state index contributed by atoms with van der Waals surface area (Å²) in [6, 6.07) is 0. The number of rotatable bonds is 6. The van der Waals surface area contributed by atoms with E-state index in [-0.39, 0.29) is 6.10 Å². The van der Waals surface area contributed by atoms with E-state index >= 15 is 0 Å². The molecule has 19 heavy (non-hydrogen) atoms. The Morgan fingerprint density at radius 1 is 1.05 bits per heavy atom. The fraction of sp³-hybridized carbons (Fsp3) is 1.00. The molecule has 1 N–H and O–H groups in total. The summed E-state index contributed by atoms with van der Waals surface area (Å²) in [6.07, 6.45) is 9.38. The predicted octanol–water partition coefficient (Wildman–Crippen LogP) is 4.88. The van der Waals surface area contributed by atoms with Crippen LogP contribution in [0.1, 0.15) is 72.6 Å². The van der Waals surface area contributed by atoms with Crippen LogP contribution in [-0.4, -0.2) is 11.2 Å². The van der Waals surface area contributed by atoms with Crippen molar-refractivity contribution < 1.29 is 5.11 Å². The molecule has 0 spiro atoms. The second-order valence-corrected chi connectivity index (χ2v) is 8.01. The molecule has 1 nitrogen and oxygen atoms in total. The van der Waals surface area contributed by atoms with Crippen molar-refractivity contribution in [2.45, 2.75) is 78.7 Å². The van der Waals surface area contributed by atoms with Gasteiger partial charge in [0, 0.05) is 0 Å². The topological polar surface area (TPSA) is 20.2 Å². The Balaban J connectivity index is 1.82. The van der Waals surface area contributed by atoms with Gasteiger partial charge in [0.15, 0.2) is 0 Å². The molecule has 2 aliphatic rings. The maximum atomic E-state index is 9.87. The first kappa shape index (κ1) is 15.4. The van der Waals surface area contributed by atoms with Crippen LogP contribution in [0.2, 0.25) is 0 Å². The van der Waals surface area contributed by atoms with Gasteiger partial charge in [0.25, 0.3) is 0 Å². The molecule has 0 amide bonds. The van der Waals surface area contributed by atoms with Gasteiger partial charge in [-0.2, -0.15) is 0 Å². The molecule has 2 aliphatic carbocycles. The summed E-state index contributed by atoms with van der Waals surface area (Å²) in [5.41, 5.74) is 0. The van der Waals surface area contributed by atoms with Gasteiger partial charge in [-0.25, -0.2) is 0 Å². The molecule has 2 saturated carbocycles. The SMILES string of the molecule is CC1CC(C(C)C[C@@H](CC2CC2)C(C)C)CCC1O. The molecule has 1 heteroatoms. The molecule has 0 aliphatic heterocycles. The van der Waals surface area contributed by atoms with Crippen molar-refractivity contribution >= 4 is 0 Å². The molecule has 5 atom stereocenters. The van der Waals surface area contributed by atoms with Crippen LogP contribution in [-0.2, 0) is 0 Å². The Morgan fingerprint density at radius 3 is 2.26 bits per heavy atom. The van der Waals surface area contributed by atoms with Gasteiger partial charge in [0.1, 0.15) is 0 Å². The van der Waals surface area contributed by atoms with Gasteiger partial charge in [-0.05, 0) is 67.6 Å². The molecule has 0 radical (unpaired) electrons. The molecule has 0 heterocycles. The third-order valence-electron chi connectivity index (χ3n) is 5.92. The molecule has 0 saturated heterocycles. The van der Waals surface area contributed by atoms with Crippen molar-refractivity contribution in [1.29, 1.82) is 0 Å². The summed E-state index contributed by atoms with van der Waals surface area (Å²) >= 11 is 0. The zero-order valence-corrected chi connectivity index (χ0v) is 13.4. The van der Waals surface area contributed by atoms with Gasteiger partial charge in [-0.1, -0.05) is 40.5 Å². The van der Waals surface area contributed by atoms with Crippen LogP contribution in [0.5, 0.6) is 0 Å².